The fourth-order valence-corrected chi connectivity index (χ4v) is 0. The molecule has 0 amide bonds. The molecule has 0 aromatic carbocycles. The van der Waals surface area contributed by atoms with Gasteiger partial charge >= 0.3 is 57.6 Å². The van der Waals surface area contributed by atoms with Crippen molar-refractivity contribution in [3.8, 4) is 0 Å². The van der Waals surface area contributed by atoms with Crippen LogP contribution in [-0.2, 0) is 44.3 Å². The van der Waals surface area contributed by atoms with E-state index in [4.69, 9.17) is 0 Å². The largest absolute Gasteiger partial charge is 4.00 e. The molecule has 4 heteroatoms. The molecule has 0 saturated carbocycles. The first kappa shape index (κ1) is 41.4. The Balaban J connectivity index is 0. The van der Waals surface area contributed by atoms with Gasteiger partial charge in [0.25, 0.3) is 0 Å². The fraction of sp³-hybridized carbons (Fsp3) is 0. The number of rotatable bonds is 0. The molecular formula is LiMnOTi+5. The van der Waals surface area contributed by atoms with Crippen LogP contribution in [0.2, 0.25) is 0 Å². The molecule has 1 nitrogen and oxygen atoms in total. The quantitative estimate of drug-likeness (QED) is 0.307. The first-order valence-electron chi connectivity index (χ1n) is 0. The van der Waals surface area contributed by atoms with Crippen LogP contribution in [-0.4, -0.2) is 0 Å². The molecule has 0 heterocycles. The fourth-order valence-electron chi connectivity index (χ4n) is 0. The van der Waals surface area contributed by atoms with E-state index in [0.717, 1.165) is 0 Å². The summed E-state index contributed by atoms with van der Waals surface area (Å²) < 4.78 is 0. The van der Waals surface area contributed by atoms with Crippen LogP contribution in [0, 0.1) is 0 Å². The summed E-state index contributed by atoms with van der Waals surface area (Å²) in [6.45, 7) is 0. The summed E-state index contributed by atoms with van der Waals surface area (Å²) in [6.07, 6.45) is 0. The Morgan fingerprint density at radius 1 is 1.00 bits per heavy atom. The van der Waals surface area contributed by atoms with E-state index in [2.05, 4.69) is 0 Å². The zero-order chi connectivity index (χ0) is 0. The first-order valence-corrected chi connectivity index (χ1v) is 0. The monoisotopic (exact) mass is 126 g/mol. The first-order chi connectivity index (χ1) is 0. The van der Waals surface area contributed by atoms with Gasteiger partial charge in [0.1, 0.15) is 0 Å². The van der Waals surface area contributed by atoms with Crippen LogP contribution in [0.25, 0.3) is 0 Å². The molecule has 0 aliphatic rings. The average molecular weight is 126 g/mol. The van der Waals surface area contributed by atoms with E-state index in [1.54, 1.807) is 0 Å². The smallest absolute Gasteiger partial charge is 2.00 e. The van der Waals surface area contributed by atoms with Gasteiger partial charge in [0.2, 0.25) is 0 Å². The summed E-state index contributed by atoms with van der Waals surface area (Å²) >= 11 is 0. The van der Waals surface area contributed by atoms with E-state index in [0.29, 0.717) is 0 Å². The SMILES string of the molecule is [Li+].[Mn+2].[O-2].[Ti+4]. The molecule has 0 aliphatic heterocycles. The third-order valence-corrected chi connectivity index (χ3v) is 0. The van der Waals surface area contributed by atoms with Crippen molar-refractivity contribution in [1.82, 2.24) is 0 Å². The maximum atomic E-state index is 0. The standard InChI is InChI=1S/Li.Mn.O.Ti/q+1;+2;-2;+4. The zero-order valence-electron chi connectivity index (χ0n) is 2.29. The van der Waals surface area contributed by atoms with Crippen molar-refractivity contribution in [3.05, 3.63) is 0 Å². The summed E-state index contributed by atoms with van der Waals surface area (Å²) in [7, 11) is 0. The molecule has 0 fully saturated rings. The Morgan fingerprint density at radius 3 is 1.00 bits per heavy atom. The molecule has 0 N–H and O–H groups in total. The van der Waals surface area contributed by atoms with Crippen molar-refractivity contribution in [3.63, 3.8) is 0 Å². The molecule has 0 atom stereocenters. The minimum atomic E-state index is 0. The van der Waals surface area contributed by atoms with Crippen LogP contribution in [0.1, 0.15) is 0 Å². The molecule has 1 radical (unpaired) electrons. The van der Waals surface area contributed by atoms with Crippen molar-refractivity contribution >= 4 is 0 Å². The van der Waals surface area contributed by atoms with Gasteiger partial charge in [-0.25, -0.2) is 0 Å². The third-order valence-electron chi connectivity index (χ3n) is 0. The van der Waals surface area contributed by atoms with Crippen molar-refractivity contribution in [2.45, 2.75) is 0 Å². The van der Waals surface area contributed by atoms with Gasteiger partial charge in [-0.15, -0.1) is 0 Å². The Morgan fingerprint density at radius 2 is 1.00 bits per heavy atom. The van der Waals surface area contributed by atoms with Crippen molar-refractivity contribution < 1.29 is 63.1 Å². The van der Waals surface area contributed by atoms with Crippen molar-refractivity contribution in [2.75, 3.05) is 0 Å². The maximum absolute atomic E-state index is 0. The second-order valence-corrected chi connectivity index (χ2v) is 0. The molecule has 4 heavy (non-hydrogen) atoms. The molecule has 13 valence electrons. The Hall–Kier alpha value is 1.79. The van der Waals surface area contributed by atoms with Gasteiger partial charge < -0.3 is 5.48 Å². The summed E-state index contributed by atoms with van der Waals surface area (Å²) in [5, 5.41) is 0. The van der Waals surface area contributed by atoms with E-state index in [1.807, 2.05) is 0 Å². The minimum Gasteiger partial charge on any atom is -2.00 e. The number of hydrogen-bond acceptors (Lipinski definition) is 0. The predicted molar refractivity (Wildman–Crippen MR) is 0.686 cm³/mol. The minimum absolute atomic E-state index is 0. The van der Waals surface area contributed by atoms with Crippen molar-refractivity contribution in [1.29, 1.82) is 0 Å². The van der Waals surface area contributed by atoms with E-state index in [1.165, 1.54) is 0 Å². The molecule has 0 spiro atoms. The Kier molecular flexibility index (Phi) is 222. The van der Waals surface area contributed by atoms with Crippen LogP contribution < -0.4 is 18.9 Å². The van der Waals surface area contributed by atoms with Crippen LogP contribution >= 0.6 is 0 Å². The topological polar surface area (TPSA) is 28.5 Å². The van der Waals surface area contributed by atoms with Gasteiger partial charge in [-0.05, 0) is 0 Å². The molecule has 0 aromatic rings. The van der Waals surface area contributed by atoms with Crippen LogP contribution in [0.15, 0.2) is 0 Å². The van der Waals surface area contributed by atoms with Crippen LogP contribution in [0.5, 0.6) is 0 Å². The normalized spacial score (nSPS) is 0. The third kappa shape index (κ3) is 9.21. The summed E-state index contributed by atoms with van der Waals surface area (Å²) in [5.74, 6) is 0. The zero-order valence-corrected chi connectivity index (χ0v) is 5.03. The second kappa shape index (κ2) is 21.5. The summed E-state index contributed by atoms with van der Waals surface area (Å²) in [5.41, 5.74) is 0. The molecule has 0 bridgehead atoms. The van der Waals surface area contributed by atoms with Gasteiger partial charge in [-0.1, -0.05) is 0 Å². The van der Waals surface area contributed by atoms with E-state index in [9.17, 15) is 0 Å². The average Bonchev–Trinajstić information content (AvgIpc) is 0. The van der Waals surface area contributed by atoms with Crippen LogP contribution in [0.4, 0.5) is 0 Å². The maximum Gasteiger partial charge on any atom is 4.00 e. The molecule has 0 rings (SSSR count). The van der Waals surface area contributed by atoms with Crippen LogP contribution in [0.3, 0.4) is 0 Å². The molecular weight excluding hydrogens is 126 g/mol. The molecule has 0 saturated heterocycles. The summed E-state index contributed by atoms with van der Waals surface area (Å²) in [6, 6.07) is 0. The van der Waals surface area contributed by atoms with Gasteiger partial charge in [-0.3, -0.25) is 0 Å². The van der Waals surface area contributed by atoms with E-state index < -0.39 is 0 Å². The van der Waals surface area contributed by atoms with Gasteiger partial charge in [0.05, 0.1) is 0 Å². The van der Waals surface area contributed by atoms with E-state index >= 15 is 0 Å². The molecule has 0 aromatic heterocycles. The Bertz CT molecular complexity index is 8.00. The van der Waals surface area contributed by atoms with E-state index in [-0.39, 0.29) is 63.1 Å². The molecule has 0 unspecified atom stereocenters. The van der Waals surface area contributed by atoms with Gasteiger partial charge in [0, 0.05) is 0 Å². The predicted octanol–water partition coefficient (Wildman–Crippen LogP) is -3.12. The summed E-state index contributed by atoms with van der Waals surface area (Å²) in [4.78, 5) is 0. The second-order valence-electron chi connectivity index (χ2n) is 0. The number of hydrogen-bond donors (Lipinski definition) is 0. The van der Waals surface area contributed by atoms with Crippen molar-refractivity contribution in [2.24, 2.45) is 0 Å². The van der Waals surface area contributed by atoms with Gasteiger partial charge in [0.15, 0.2) is 0 Å². The molecule has 0 aliphatic carbocycles. The van der Waals surface area contributed by atoms with Gasteiger partial charge in [-0.2, -0.15) is 0 Å². The Labute approximate surface area is 62.7 Å².